The van der Waals surface area contributed by atoms with Gasteiger partial charge in [-0.25, -0.2) is 0 Å². The highest BCUT2D eigenvalue weighted by molar-refractivity contribution is 5.92. The normalized spacial score (nSPS) is 15.3. The Morgan fingerprint density at radius 3 is 2.78 bits per heavy atom. The molecule has 0 aliphatic carbocycles. The molecule has 1 aliphatic heterocycles. The van der Waals surface area contributed by atoms with Crippen LogP contribution in [-0.2, 0) is 4.79 Å². The van der Waals surface area contributed by atoms with E-state index >= 15 is 0 Å². The average molecular weight is 243 g/mol. The molecule has 1 fully saturated rings. The van der Waals surface area contributed by atoms with Gasteiger partial charge in [0.2, 0.25) is 5.91 Å². The van der Waals surface area contributed by atoms with E-state index in [0.29, 0.717) is 17.7 Å². The standard InChI is InChI=1S/C14H17N3O/c15-11-12-5-1-2-6-13(12)16-14(18)7-10-17-8-3-4-9-17/h1-2,5-6H,3-4,7-10H2,(H,16,18). The van der Waals surface area contributed by atoms with Crippen molar-refractivity contribution in [2.75, 3.05) is 25.0 Å². The van der Waals surface area contributed by atoms with Gasteiger partial charge in [0, 0.05) is 13.0 Å². The van der Waals surface area contributed by atoms with Crippen molar-refractivity contribution in [3.63, 3.8) is 0 Å². The third-order valence-electron chi connectivity index (χ3n) is 3.18. The fourth-order valence-corrected chi connectivity index (χ4v) is 2.17. The predicted molar refractivity (Wildman–Crippen MR) is 70.1 cm³/mol. The van der Waals surface area contributed by atoms with E-state index in [1.165, 1.54) is 12.8 Å². The van der Waals surface area contributed by atoms with Crippen LogP contribution in [0.15, 0.2) is 24.3 Å². The van der Waals surface area contributed by atoms with Crippen molar-refractivity contribution in [3.05, 3.63) is 29.8 Å². The molecular weight excluding hydrogens is 226 g/mol. The van der Waals surface area contributed by atoms with Crippen molar-refractivity contribution in [2.45, 2.75) is 19.3 Å². The van der Waals surface area contributed by atoms with E-state index in [1.807, 2.05) is 6.07 Å². The monoisotopic (exact) mass is 243 g/mol. The molecule has 0 atom stereocenters. The molecule has 0 bridgehead atoms. The summed E-state index contributed by atoms with van der Waals surface area (Å²) in [6.07, 6.45) is 2.96. The molecule has 0 saturated carbocycles. The average Bonchev–Trinajstić information content (AvgIpc) is 2.90. The van der Waals surface area contributed by atoms with Gasteiger partial charge >= 0.3 is 0 Å². The highest BCUT2D eigenvalue weighted by Gasteiger charge is 2.13. The molecule has 4 heteroatoms. The fraction of sp³-hybridized carbons (Fsp3) is 0.429. The number of para-hydroxylation sites is 1. The Labute approximate surface area is 107 Å². The van der Waals surface area contributed by atoms with E-state index in [0.717, 1.165) is 19.6 Å². The molecule has 1 N–H and O–H groups in total. The summed E-state index contributed by atoms with van der Waals surface area (Å²) in [5.74, 6) is -0.0235. The van der Waals surface area contributed by atoms with Gasteiger partial charge < -0.3 is 10.2 Å². The van der Waals surface area contributed by atoms with Crippen LogP contribution in [0, 0.1) is 11.3 Å². The molecule has 1 saturated heterocycles. The van der Waals surface area contributed by atoms with Crippen LogP contribution in [0.3, 0.4) is 0 Å². The lowest BCUT2D eigenvalue weighted by Crippen LogP contribution is -2.25. The Morgan fingerprint density at radius 2 is 2.06 bits per heavy atom. The first kappa shape index (κ1) is 12.6. The fourth-order valence-electron chi connectivity index (χ4n) is 2.17. The Kier molecular flexibility index (Phi) is 4.32. The van der Waals surface area contributed by atoms with E-state index in [1.54, 1.807) is 18.2 Å². The third-order valence-corrected chi connectivity index (χ3v) is 3.18. The summed E-state index contributed by atoms with van der Waals surface area (Å²) in [5.41, 5.74) is 1.11. The van der Waals surface area contributed by atoms with Crippen molar-refractivity contribution in [3.8, 4) is 6.07 Å². The summed E-state index contributed by atoms with van der Waals surface area (Å²) >= 11 is 0. The van der Waals surface area contributed by atoms with Gasteiger partial charge in [0.1, 0.15) is 6.07 Å². The number of anilines is 1. The first-order valence-electron chi connectivity index (χ1n) is 6.31. The summed E-state index contributed by atoms with van der Waals surface area (Å²) in [6, 6.07) is 9.14. The molecule has 1 amide bonds. The van der Waals surface area contributed by atoms with Crippen LogP contribution in [0.2, 0.25) is 0 Å². The Hall–Kier alpha value is -1.86. The highest BCUT2D eigenvalue weighted by atomic mass is 16.1. The van der Waals surface area contributed by atoms with Gasteiger partial charge in [-0.15, -0.1) is 0 Å². The maximum absolute atomic E-state index is 11.8. The third kappa shape index (κ3) is 3.31. The van der Waals surface area contributed by atoms with Crippen molar-refractivity contribution in [1.82, 2.24) is 4.90 Å². The molecule has 18 heavy (non-hydrogen) atoms. The molecule has 1 heterocycles. The molecule has 94 valence electrons. The van der Waals surface area contributed by atoms with Gasteiger partial charge in [0.15, 0.2) is 0 Å². The second-order valence-electron chi connectivity index (χ2n) is 4.50. The zero-order valence-corrected chi connectivity index (χ0v) is 10.4. The number of rotatable bonds is 4. The molecular formula is C14H17N3O. The highest BCUT2D eigenvalue weighted by Crippen LogP contribution is 2.14. The minimum atomic E-state index is -0.0235. The van der Waals surface area contributed by atoms with E-state index in [-0.39, 0.29) is 5.91 Å². The maximum atomic E-state index is 11.8. The number of amides is 1. The number of hydrogen-bond donors (Lipinski definition) is 1. The van der Waals surface area contributed by atoms with Crippen molar-refractivity contribution in [2.24, 2.45) is 0 Å². The van der Waals surface area contributed by atoms with Crippen LogP contribution in [-0.4, -0.2) is 30.4 Å². The van der Waals surface area contributed by atoms with Gasteiger partial charge in [-0.1, -0.05) is 12.1 Å². The van der Waals surface area contributed by atoms with E-state index < -0.39 is 0 Å². The second-order valence-corrected chi connectivity index (χ2v) is 4.50. The minimum Gasteiger partial charge on any atom is -0.325 e. The van der Waals surface area contributed by atoms with Crippen molar-refractivity contribution in [1.29, 1.82) is 5.26 Å². The summed E-state index contributed by atoms with van der Waals surface area (Å²) in [5, 5.41) is 11.7. The quantitative estimate of drug-likeness (QED) is 0.879. The summed E-state index contributed by atoms with van der Waals surface area (Å²) in [4.78, 5) is 14.1. The Morgan fingerprint density at radius 1 is 1.33 bits per heavy atom. The van der Waals surface area contributed by atoms with Crippen LogP contribution >= 0.6 is 0 Å². The Balaban J connectivity index is 1.85. The number of nitrogens with one attached hydrogen (secondary N) is 1. The van der Waals surface area contributed by atoms with Gasteiger partial charge in [-0.05, 0) is 38.1 Å². The molecule has 1 aromatic rings. The molecule has 0 aromatic heterocycles. The van der Waals surface area contributed by atoms with Crippen LogP contribution in [0.1, 0.15) is 24.8 Å². The lowest BCUT2D eigenvalue weighted by atomic mass is 10.2. The molecule has 1 aromatic carbocycles. The topological polar surface area (TPSA) is 56.1 Å². The maximum Gasteiger partial charge on any atom is 0.225 e. The first-order chi connectivity index (χ1) is 8.79. The SMILES string of the molecule is N#Cc1ccccc1NC(=O)CCN1CCCC1. The number of likely N-dealkylation sites (tertiary alicyclic amines) is 1. The minimum absolute atomic E-state index is 0.0235. The van der Waals surface area contributed by atoms with Gasteiger partial charge in [0.05, 0.1) is 11.3 Å². The van der Waals surface area contributed by atoms with Crippen LogP contribution < -0.4 is 5.32 Å². The second kappa shape index (κ2) is 6.18. The van der Waals surface area contributed by atoms with E-state index in [2.05, 4.69) is 16.3 Å². The van der Waals surface area contributed by atoms with Gasteiger partial charge in [-0.2, -0.15) is 5.26 Å². The van der Waals surface area contributed by atoms with Gasteiger partial charge in [-0.3, -0.25) is 4.79 Å². The molecule has 0 radical (unpaired) electrons. The number of carbonyl (C=O) groups excluding carboxylic acids is 1. The number of nitriles is 1. The number of benzene rings is 1. The summed E-state index contributed by atoms with van der Waals surface area (Å²) in [7, 11) is 0. The number of carbonyl (C=O) groups is 1. The predicted octanol–water partition coefficient (Wildman–Crippen LogP) is 1.98. The van der Waals surface area contributed by atoms with Crippen molar-refractivity contribution >= 4 is 11.6 Å². The molecule has 0 spiro atoms. The smallest absolute Gasteiger partial charge is 0.225 e. The molecule has 1 aliphatic rings. The largest absolute Gasteiger partial charge is 0.325 e. The number of nitrogens with zero attached hydrogens (tertiary/aromatic N) is 2. The lowest BCUT2D eigenvalue weighted by molar-refractivity contribution is -0.116. The molecule has 4 nitrogen and oxygen atoms in total. The molecule has 0 unspecified atom stereocenters. The first-order valence-corrected chi connectivity index (χ1v) is 6.31. The van der Waals surface area contributed by atoms with Crippen LogP contribution in [0.25, 0.3) is 0 Å². The lowest BCUT2D eigenvalue weighted by Gasteiger charge is -2.14. The van der Waals surface area contributed by atoms with Crippen LogP contribution in [0.5, 0.6) is 0 Å². The molecule has 2 rings (SSSR count). The summed E-state index contributed by atoms with van der Waals surface area (Å²) < 4.78 is 0. The van der Waals surface area contributed by atoms with E-state index in [4.69, 9.17) is 5.26 Å². The van der Waals surface area contributed by atoms with Gasteiger partial charge in [0.25, 0.3) is 0 Å². The number of hydrogen-bond acceptors (Lipinski definition) is 3. The summed E-state index contributed by atoms with van der Waals surface area (Å²) in [6.45, 7) is 3.00. The zero-order chi connectivity index (χ0) is 12.8. The van der Waals surface area contributed by atoms with E-state index in [9.17, 15) is 4.79 Å². The Bertz CT molecular complexity index is 458. The van der Waals surface area contributed by atoms with Crippen molar-refractivity contribution < 1.29 is 4.79 Å². The zero-order valence-electron chi connectivity index (χ0n) is 10.4. The van der Waals surface area contributed by atoms with Crippen LogP contribution in [0.4, 0.5) is 5.69 Å².